The van der Waals surface area contributed by atoms with Crippen LogP contribution in [-0.4, -0.2) is 68.6 Å². The summed E-state index contributed by atoms with van der Waals surface area (Å²) in [7, 11) is 1.83. The molecule has 4 heterocycles. The highest BCUT2D eigenvalue weighted by Crippen LogP contribution is 2.38. The minimum atomic E-state index is -0.453. The van der Waals surface area contributed by atoms with E-state index in [2.05, 4.69) is 33.3 Å². The zero-order valence-electron chi connectivity index (χ0n) is 20.4. The third-order valence-electron chi connectivity index (χ3n) is 7.75. The van der Waals surface area contributed by atoms with Crippen molar-refractivity contribution in [3.8, 4) is 0 Å². The number of nitrogens with one attached hydrogen (secondary N) is 1. The third-order valence-corrected chi connectivity index (χ3v) is 8.08. The number of likely N-dealkylation sites (tertiary alicyclic amines) is 1. The molecule has 2 fully saturated rings. The average Bonchev–Trinajstić information content (AvgIpc) is 3.44. The van der Waals surface area contributed by atoms with Crippen molar-refractivity contribution in [1.82, 2.24) is 19.7 Å². The van der Waals surface area contributed by atoms with E-state index >= 15 is 0 Å². The summed E-state index contributed by atoms with van der Waals surface area (Å²) in [6.07, 6.45) is 6.78. The molecular formula is C26H32ClN5O3. The SMILES string of the molecule is CC(C(=O)Nc1cc2cc(C3CCN(C4(C)COCC4O)CC3)c(Cl)cc2cn1)c1cnn(C)c1. The fourth-order valence-electron chi connectivity index (χ4n) is 5.27. The number of carbonyl (C=O) groups excluding carboxylic acids is 1. The van der Waals surface area contributed by atoms with Crippen LogP contribution in [-0.2, 0) is 16.6 Å². The van der Waals surface area contributed by atoms with Gasteiger partial charge in [0.2, 0.25) is 5.91 Å². The first-order valence-corrected chi connectivity index (χ1v) is 12.5. The Labute approximate surface area is 210 Å². The standard InChI is InChI=1S/C26H32ClN5O3/c1-16(20-12-29-31(3)13-20)25(34)30-24-10-18-8-21(22(27)9-19(18)11-28-24)17-4-6-32(7-5-17)26(2)15-35-14-23(26)33/h8-13,16-17,23,33H,4-7,14-15H2,1-3H3,(H,28,30,34). The zero-order chi connectivity index (χ0) is 24.7. The van der Waals surface area contributed by atoms with E-state index in [0.29, 0.717) is 24.9 Å². The molecular weight excluding hydrogens is 466 g/mol. The van der Waals surface area contributed by atoms with Crippen LogP contribution in [0.5, 0.6) is 0 Å². The number of nitrogens with zero attached hydrogens (tertiary/aromatic N) is 4. The predicted molar refractivity (Wildman–Crippen MR) is 136 cm³/mol. The van der Waals surface area contributed by atoms with Gasteiger partial charge in [0, 0.05) is 35.4 Å². The lowest BCUT2D eigenvalue weighted by atomic mass is 9.85. The molecule has 0 bridgehead atoms. The topological polar surface area (TPSA) is 92.5 Å². The van der Waals surface area contributed by atoms with Gasteiger partial charge in [-0.3, -0.25) is 14.4 Å². The Bertz CT molecular complexity index is 1240. The van der Waals surface area contributed by atoms with E-state index in [-0.39, 0.29) is 17.4 Å². The number of pyridine rings is 1. The lowest BCUT2D eigenvalue weighted by Gasteiger charge is -2.43. The number of hydrogen-bond acceptors (Lipinski definition) is 6. The highest BCUT2D eigenvalue weighted by atomic mass is 35.5. The molecule has 9 heteroatoms. The Balaban J connectivity index is 1.31. The first-order valence-electron chi connectivity index (χ1n) is 12.1. The molecule has 3 atom stereocenters. The fraction of sp³-hybridized carbons (Fsp3) is 0.500. The molecule has 0 aliphatic carbocycles. The maximum absolute atomic E-state index is 12.8. The summed E-state index contributed by atoms with van der Waals surface area (Å²) in [6.45, 7) is 6.69. The Morgan fingerprint density at radius 2 is 2.03 bits per heavy atom. The molecule has 186 valence electrons. The Kier molecular flexibility index (Phi) is 6.57. The average molecular weight is 498 g/mol. The summed E-state index contributed by atoms with van der Waals surface area (Å²) in [4.78, 5) is 19.6. The number of aryl methyl sites for hydroxylation is 1. The number of ether oxygens (including phenoxy) is 1. The number of hydrogen-bond donors (Lipinski definition) is 2. The van der Waals surface area contributed by atoms with Gasteiger partial charge >= 0.3 is 0 Å². The van der Waals surface area contributed by atoms with Crippen LogP contribution in [0.2, 0.25) is 5.02 Å². The second-order valence-electron chi connectivity index (χ2n) is 10.1. The van der Waals surface area contributed by atoms with Gasteiger partial charge in [-0.25, -0.2) is 4.98 Å². The largest absolute Gasteiger partial charge is 0.389 e. The van der Waals surface area contributed by atoms with Gasteiger partial charge < -0.3 is 15.2 Å². The highest BCUT2D eigenvalue weighted by molar-refractivity contribution is 6.32. The predicted octanol–water partition coefficient (Wildman–Crippen LogP) is 3.69. The van der Waals surface area contributed by atoms with Gasteiger partial charge in [0.15, 0.2) is 0 Å². The molecule has 2 aromatic heterocycles. The van der Waals surface area contributed by atoms with E-state index in [0.717, 1.165) is 52.9 Å². The summed E-state index contributed by atoms with van der Waals surface area (Å²) in [6, 6.07) is 6.01. The van der Waals surface area contributed by atoms with Crippen molar-refractivity contribution in [2.24, 2.45) is 7.05 Å². The van der Waals surface area contributed by atoms with Crippen molar-refractivity contribution in [2.45, 2.75) is 50.2 Å². The summed E-state index contributed by atoms with van der Waals surface area (Å²) in [5.41, 5.74) is 1.67. The van der Waals surface area contributed by atoms with Crippen molar-refractivity contribution in [3.63, 3.8) is 0 Å². The number of aliphatic hydroxyl groups is 1. The minimum Gasteiger partial charge on any atom is -0.389 e. The Morgan fingerprint density at radius 3 is 2.69 bits per heavy atom. The van der Waals surface area contributed by atoms with E-state index in [9.17, 15) is 9.90 Å². The van der Waals surface area contributed by atoms with Gasteiger partial charge in [0.25, 0.3) is 0 Å². The molecule has 2 aliphatic rings. The van der Waals surface area contributed by atoms with Crippen LogP contribution in [0.1, 0.15) is 49.7 Å². The van der Waals surface area contributed by atoms with Crippen molar-refractivity contribution in [1.29, 1.82) is 0 Å². The molecule has 2 saturated heterocycles. The van der Waals surface area contributed by atoms with Crippen LogP contribution in [0.25, 0.3) is 10.8 Å². The number of aromatic nitrogens is 3. The summed E-state index contributed by atoms with van der Waals surface area (Å²) >= 11 is 6.71. The van der Waals surface area contributed by atoms with E-state index in [1.807, 2.05) is 32.3 Å². The van der Waals surface area contributed by atoms with Gasteiger partial charge in [0.05, 0.1) is 37.0 Å². The number of amides is 1. The van der Waals surface area contributed by atoms with Crippen LogP contribution in [0.15, 0.2) is 36.8 Å². The smallest absolute Gasteiger partial charge is 0.232 e. The van der Waals surface area contributed by atoms with Crippen molar-refractivity contribution >= 4 is 34.1 Å². The second kappa shape index (κ2) is 9.50. The number of rotatable bonds is 5. The monoisotopic (exact) mass is 497 g/mol. The summed E-state index contributed by atoms with van der Waals surface area (Å²) in [5.74, 6) is 0.392. The van der Waals surface area contributed by atoms with E-state index in [1.165, 1.54) is 0 Å². The quantitative estimate of drug-likeness (QED) is 0.558. The van der Waals surface area contributed by atoms with Crippen molar-refractivity contribution in [3.05, 3.63) is 52.9 Å². The fourth-order valence-corrected chi connectivity index (χ4v) is 5.60. The number of anilines is 1. The number of benzene rings is 1. The van der Waals surface area contributed by atoms with Gasteiger partial charge in [-0.2, -0.15) is 5.10 Å². The van der Waals surface area contributed by atoms with Crippen LogP contribution in [0.4, 0.5) is 5.82 Å². The minimum absolute atomic E-state index is 0.127. The molecule has 0 spiro atoms. The van der Waals surface area contributed by atoms with Crippen LogP contribution < -0.4 is 5.32 Å². The first kappa shape index (κ1) is 24.2. The molecule has 1 aromatic carbocycles. The molecule has 8 nitrogen and oxygen atoms in total. The van der Waals surface area contributed by atoms with E-state index < -0.39 is 6.10 Å². The molecule has 2 aliphatic heterocycles. The number of fused-ring (bicyclic) bond motifs is 1. The van der Waals surface area contributed by atoms with Gasteiger partial charge in [0.1, 0.15) is 5.82 Å². The van der Waals surface area contributed by atoms with Crippen LogP contribution in [0.3, 0.4) is 0 Å². The maximum atomic E-state index is 12.8. The van der Waals surface area contributed by atoms with Gasteiger partial charge in [-0.15, -0.1) is 0 Å². The Morgan fingerprint density at radius 1 is 1.26 bits per heavy atom. The lowest BCUT2D eigenvalue weighted by Crippen LogP contribution is -2.56. The normalized spacial score (nSPS) is 24.7. The van der Waals surface area contributed by atoms with Crippen LogP contribution >= 0.6 is 11.6 Å². The molecule has 35 heavy (non-hydrogen) atoms. The number of piperidine rings is 1. The Hall–Kier alpha value is -2.52. The maximum Gasteiger partial charge on any atom is 0.232 e. The van der Waals surface area contributed by atoms with E-state index in [1.54, 1.807) is 17.1 Å². The summed E-state index contributed by atoms with van der Waals surface area (Å²) < 4.78 is 7.22. The lowest BCUT2D eigenvalue weighted by molar-refractivity contribution is -0.117. The molecule has 1 amide bonds. The molecule has 3 unspecified atom stereocenters. The molecule has 0 radical (unpaired) electrons. The zero-order valence-corrected chi connectivity index (χ0v) is 21.1. The third kappa shape index (κ3) is 4.68. The van der Waals surface area contributed by atoms with Crippen molar-refractivity contribution < 1.29 is 14.6 Å². The number of aliphatic hydroxyl groups excluding tert-OH is 1. The molecule has 3 aromatic rings. The summed E-state index contributed by atoms with van der Waals surface area (Å²) in [5, 5.41) is 20.2. The number of carbonyl (C=O) groups is 1. The molecule has 0 saturated carbocycles. The van der Waals surface area contributed by atoms with E-state index in [4.69, 9.17) is 16.3 Å². The molecule has 5 rings (SSSR count). The van der Waals surface area contributed by atoms with Gasteiger partial charge in [-0.05, 0) is 74.8 Å². The van der Waals surface area contributed by atoms with Crippen LogP contribution in [0, 0.1) is 0 Å². The van der Waals surface area contributed by atoms with Gasteiger partial charge in [-0.1, -0.05) is 11.6 Å². The first-order chi connectivity index (χ1) is 16.7. The second-order valence-corrected chi connectivity index (χ2v) is 10.5. The van der Waals surface area contributed by atoms with Crippen molar-refractivity contribution in [2.75, 3.05) is 31.6 Å². The highest BCUT2D eigenvalue weighted by Gasteiger charge is 2.45. The number of halogens is 1. The molecule has 2 N–H and O–H groups in total.